The summed E-state index contributed by atoms with van der Waals surface area (Å²) < 4.78 is 0. The zero-order valence-corrected chi connectivity index (χ0v) is 26.7. The quantitative estimate of drug-likeness (QED) is 0.171. The highest BCUT2D eigenvalue weighted by Gasteiger charge is 2.66. The Labute approximate surface area is 261 Å². The van der Waals surface area contributed by atoms with E-state index in [2.05, 4.69) is 10.6 Å². The zero-order chi connectivity index (χ0) is 33.6. The minimum Gasteiger partial charge on any atom is -0.508 e. The number of carbonyl (C=O) groups is 3. The number of fused-ring (bicyclic) bond motifs is 3. The SMILES string of the molecule is CN(C)[C@H]1C(=O)C(C(=O)NCNC2CC(C)(C)N(O)C(C)(C)C2)=C(O)[C@@]2(O)C(=O)C3=C(O)c4c(O)cccc4[C@@](C)(O)[C@@H]3C[C@@H]12. The van der Waals surface area contributed by atoms with Crippen LogP contribution in [0.3, 0.4) is 0 Å². The summed E-state index contributed by atoms with van der Waals surface area (Å²) in [4.78, 5) is 43.0. The maximum absolute atomic E-state index is 14.2. The van der Waals surface area contributed by atoms with E-state index < -0.39 is 86.0 Å². The summed E-state index contributed by atoms with van der Waals surface area (Å²) in [7, 11) is 3.08. The number of nitrogens with zero attached hydrogens (tertiary/aromatic N) is 2. The number of aliphatic hydroxyl groups excluding tert-OH is 2. The first kappa shape index (κ1) is 33.0. The van der Waals surface area contributed by atoms with E-state index >= 15 is 0 Å². The summed E-state index contributed by atoms with van der Waals surface area (Å²) in [5, 5.41) is 74.7. The van der Waals surface area contributed by atoms with Crippen LogP contribution in [0, 0.1) is 11.8 Å². The Morgan fingerprint density at radius 2 is 1.62 bits per heavy atom. The van der Waals surface area contributed by atoms with E-state index in [1.165, 1.54) is 35.1 Å². The second-order valence-electron chi connectivity index (χ2n) is 14.5. The van der Waals surface area contributed by atoms with Crippen molar-refractivity contribution in [2.45, 2.75) is 88.2 Å². The second-order valence-corrected chi connectivity index (χ2v) is 14.5. The van der Waals surface area contributed by atoms with Crippen molar-refractivity contribution in [2.75, 3.05) is 20.8 Å². The number of phenolic OH excluding ortho intramolecular Hbond substituents is 1. The van der Waals surface area contributed by atoms with Gasteiger partial charge < -0.3 is 36.1 Å². The number of aromatic hydroxyl groups is 1. The van der Waals surface area contributed by atoms with Crippen molar-refractivity contribution in [1.82, 2.24) is 20.6 Å². The molecule has 5 rings (SSSR count). The van der Waals surface area contributed by atoms with Crippen LogP contribution in [0.5, 0.6) is 5.75 Å². The highest BCUT2D eigenvalue weighted by atomic mass is 16.5. The Kier molecular flexibility index (Phi) is 7.79. The summed E-state index contributed by atoms with van der Waals surface area (Å²) in [5.41, 5.74) is -6.90. The molecule has 8 N–H and O–H groups in total. The fraction of sp³-hybridized carbons (Fsp3) is 0.594. The average Bonchev–Trinajstić information content (AvgIpc) is 2.92. The van der Waals surface area contributed by atoms with Gasteiger partial charge in [0.2, 0.25) is 5.78 Å². The number of likely N-dealkylation sites (N-methyl/N-ethyl adjacent to an activating group) is 1. The van der Waals surface area contributed by atoms with Crippen LogP contribution in [0.4, 0.5) is 0 Å². The Bertz CT molecular complexity index is 1510. The topological polar surface area (TPSA) is 203 Å². The molecule has 0 bridgehead atoms. The molecule has 0 spiro atoms. The van der Waals surface area contributed by atoms with Gasteiger partial charge in [-0.3, -0.25) is 24.6 Å². The Morgan fingerprint density at radius 3 is 2.20 bits per heavy atom. The maximum atomic E-state index is 14.2. The van der Waals surface area contributed by atoms with Crippen molar-refractivity contribution < 1.29 is 45.1 Å². The molecule has 1 aromatic carbocycles. The third-order valence-corrected chi connectivity index (χ3v) is 10.3. The molecule has 1 aromatic rings. The van der Waals surface area contributed by atoms with Crippen LogP contribution >= 0.6 is 0 Å². The van der Waals surface area contributed by atoms with Crippen LogP contribution < -0.4 is 10.6 Å². The van der Waals surface area contributed by atoms with Crippen molar-refractivity contribution in [3.05, 3.63) is 46.2 Å². The minimum atomic E-state index is -2.79. The van der Waals surface area contributed by atoms with Crippen LogP contribution in [-0.2, 0) is 20.0 Å². The number of hydrogen-bond donors (Lipinski definition) is 8. The lowest BCUT2D eigenvalue weighted by Gasteiger charge is -2.53. The van der Waals surface area contributed by atoms with E-state index in [4.69, 9.17) is 0 Å². The van der Waals surface area contributed by atoms with Crippen LogP contribution in [0.2, 0.25) is 0 Å². The predicted octanol–water partition coefficient (Wildman–Crippen LogP) is 1.22. The number of ketones is 2. The molecule has 3 aliphatic carbocycles. The van der Waals surface area contributed by atoms with Gasteiger partial charge >= 0.3 is 0 Å². The fourth-order valence-corrected chi connectivity index (χ4v) is 8.26. The van der Waals surface area contributed by atoms with Gasteiger partial charge in [-0.15, -0.1) is 0 Å². The molecule has 0 unspecified atom stereocenters. The number of amides is 1. The Balaban J connectivity index is 1.50. The van der Waals surface area contributed by atoms with Crippen LogP contribution in [0.15, 0.2) is 35.1 Å². The van der Waals surface area contributed by atoms with Gasteiger partial charge in [-0.1, -0.05) is 12.1 Å². The Morgan fingerprint density at radius 1 is 1.02 bits per heavy atom. The van der Waals surface area contributed by atoms with E-state index in [1.54, 1.807) is 14.1 Å². The maximum Gasteiger partial charge on any atom is 0.259 e. The van der Waals surface area contributed by atoms with Gasteiger partial charge in [-0.25, -0.2) is 0 Å². The number of nitrogens with one attached hydrogen (secondary N) is 2. The largest absolute Gasteiger partial charge is 0.508 e. The third kappa shape index (κ3) is 4.79. The number of Topliss-reactive ketones (excluding diaryl/α,β-unsaturated/α-hetero) is 2. The molecule has 1 saturated heterocycles. The van der Waals surface area contributed by atoms with Gasteiger partial charge in [-0.05, 0) is 79.6 Å². The van der Waals surface area contributed by atoms with Crippen molar-refractivity contribution in [1.29, 1.82) is 0 Å². The first-order valence-electron chi connectivity index (χ1n) is 15.1. The second kappa shape index (κ2) is 10.6. The molecule has 0 radical (unpaired) electrons. The standard InChI is InChI=1S/C32H44N4O9/c1-29(2)12-15(13-30(3,4)36(29)45)33-14-34-28(42)22-25(39)23(35(6)7)18-11-17-21(26(40)32(18,44)27(22)41)24(38)20-16(31(17,5)43)9-8-10-19(20)37/h8-10,15,17-18,23,33,37-38,41,43-45H,11-14H2,1-7H3,(H,34,42)/t17-,18+,23-,31-,32+/m1/s1. The first-order chi connectivity index (χ1) is 20.7. The molecular formula is C32H44N4O9. The predicted molar refractivity (Wildman–Crippen MR) is 162 cm³/mol. The fourth-order valence-electron chi connectivity index (χ4n) is 8.26. The normalized spacial score (nSPS) is 33.2. The highest BCUT2D eigenvalue weighted by molar-refractivity contribution is 6.25. The van der Waals surface area contributed by atoms with Crippen molar-refractivity contribution in [3.8, 4) is 5.75 Å². The average molecular weight is 629 g/mol. The van der Waals surface area contributed by atoms with Crippen LogP contribution in [0.25, 0.3) is 5.76 Å². The summed E-state index contributed by atoms with van der Waals surface area (Å²) in [6.45, 7) is 8.90. The summed E-state index contributed by atoms with van der Waals surface area (Å²) >= 11 is 0. The van der Waals surface area contributed by atoms with Crippen molar-refractivity contribution in [3.63, 3.8) is 0 Å². The van der Waals surface area contributed by atoms with E-state index in [9.17, 15) is 45.1 Å². The molecule has 1 saturated carbocycles. The lowest BCUT2D eigenvalue weighted by atomic mass is 9.54. The molecule has 2 fully saturated rings. The van der Waals surface area contributed by atoms with Crippen molar-refractivity contribution in [2.24, 2.45) is 11.8 Å². The van der Waals surface area contributed by atoms with Crippen LogP contribution in [0.1, 0.15) is 65.0 Å². The molecule has 4 aliphatic rings. The number of hydrogen-bond acceptors (Lipinski definition) is 12. The lowest BCUT2D eigenvalue weighted by molar-refractivity contribution is -0.246. The van der Waals surface area contributed by atoms with Gasteiger partial charge in [0.05, 0.1) is 23.9 Å². The number of phenols is 1. The summed E-state index contributed by atoms with van der Waals surface area (Å²) in [6.07, 6.45) is 0.890. The zero-order valence-electron chi connectivity index (χ0n) is 26.7. The molecule has 13 heteroatoms. The third-order valence-electron chi connectivity index (χ3n) is 10.3. The van der Waals surface area contributed by atoms with E-state index in [-0.39, 0.29) is 30.3 Å². The Hall–Kier alpha value is -3.33. The monoisotopic (exact) mass is 628 g/mol. The first-order valence-corrected chi connectivity index (χ1v) is 15.1. The van der Waals surface area contributed by atoms with Gasteiger partial charge in [0.25, 0.3) is 5.91 Å². The highest BCUT2D eigenvalue weighted by Crippen LogP contribution is 2.57. The molecule has 45 heavy (non-hydrogen) atoms. The summed E-state index contributed by atoms with van der Waals surface area (Å²) in [6, 6.07) is 2.91. The van der Waals surface area contributed by atoms with Crippen molar-refractivity contribution >= 4 is 23.2 Å². The molecule has 246 valence electrons. The molecule has 1 aliphatic heterocycles. The molecule has 1 heterocycles. The van der Waals surface area contributed by atoms with Crippen LogP contribution in [-0.4, -0.2) is 108 Å². The smallest absolute Gasteiger partial charge is 0.259 e. The molecular weight excluding hydrogens is 584 g/mol. The van der Waals surface area contributed by atoms with Gasteiger partial charge in [0.15, 0.2) is 11.4 Å². The van der Waals surface area contributed by atoms with Gasteiger partial charge in [-0.2, -0.15) is 5.06 Å². The molecule has 5 atom stereocenters. The van der Waals surface area contributed by atoms with Gasteiger partial charge in [0.1, 0.15) is 22.8 Å². The minimum absolute atomic E-state index is 0.111. The molecule has 13 nitrogen and oxygen atoms in total. The number of rotatable bonds is 5. The molecule has 1 amide bonds. The molecule has 0 aromatic heterocycles. The number of hydroxylamine groups is 2. The number of piperidine rings is 1. The van der Waals surface area contributed by atoms with E-state index in [0.717, 1.165) is 0 Å². The number of carbonyl (C=O) groups excluding carboxylic acids is 3. The summed E-state index contributed by atoms with van der Waals surface area (Å²) in [5.74, 6) is -7.56. The number of benzene rings is 1. The number of aliphatic hydroxyl groups is 4. The van der Waals surface area contributed by atoms with E-state index in [1.807, 2.05) is 27.7 Å². The van der Waals surface area contributed by atoms with E-state index in [0.29, 0.717) is 12.8 Å². The van der Waals surface area contributed by atoms with Gasteiger partial charge in [0, 0.05) is 34.5 Å². The lowest BCUT2D eigenvalue weighted by Crippen LogP contribution is -2.67.